The second-order valence-electron chi connectivity index (χ2n) is 10.3. The van der Waals surface area contributed by atoms with Crippen molar-refractivity contribution in [1.29, 1.82) is 0 Å². The van der Waals surface area contributed by atoms with E-state index in [1.165, 1.54) is 4.90 Å². The van der Waals surface area contributed by atoms with Gasteiger partial charge < -0.3 is 15.0 Å². The molecule has 0 aliphatic heterocycles. The Morgan fingerprint density at radius 2 is 1.63 bits per heavy atom. The van der Waals surface area contributed by atoms with Crippen LogP contribution in [0, 0.1) is 0 Å². The van der Waals surface area contributed by atoms with Gasteiger partial charge >= 0.3 is 0 Å². The number of hydrogen-bond donors (Lipinski definition) is 1. The van der Waals surface area contributed by atoms with Gasteiger partial charge in [-0.2, -0.15) is 0 Å². The Morgan fingerprint density at radius 1 is 0.976 bits per heavy atom. The van der Waals surface area contributed by atoms with E-state index >= 15 is 0 Å². The highest BCUT2D eigenvalue weighted by atomic mass is 79.9. The molecule has 3 aromatic rings. The summed E-state index contributed by atoms with van der Waals surface area (Å²) in [7, 11) is -2.25. The molecule has 0 unspecified atom stereocenters. The summed E-state index contributed by atoms with van der Waals surface area (Å²) >= 11 is 3.37. The van der Waals surface area contributed by atoms with Crippen molar-refractivity contribution in [3.63, 3.8) is 0 Å². The molecule has 0 aromatic heterocycles. The van der Waals surface area contributed by atoms with E-state index in [9.17, 15) is 18.0 Å². The molecule has 41 heavy (non-hydrogen) atoms. The molecule has 2 amide bonds. The summed E-state index contributed by atoms with van der Waals surface area (Å²) < 4.78 is 33.0. The number of benzene rings is 3. The van der Waals surface area contributed by atoms with Crippen LogP contribution >= 0.6 is 15.9 Å². The number of ether oxygens (including phenoxy) is 1. The van der Waals surface area contributed by atoms with Crippen LogP contribution in [0.25, 0.3) is 0 Å². The van der Waals surface area contributed by atoms with Gasteiger partial charge in [-0.05, 0) is 60.4 Å². The molecule has 8 nitrogen and oxygen atoms in total. The minimum absolute atomic E-state index is 0.0600. The fourth-order valence-corrected chi connectivity index (χ4v) is 6.22. The Bertz CT molecular complexity index is 1430. The van der Waals surface area contributed by atoms with Gasteiger partial charge in [-0.15, -0.1) is 0 Å². The SMILES string of the molecule is COc1cccc(CN(C(=O)CN(c2ccc(Br)cc2)S(C)(=O)=O)[C@H](Cc2ccccc2)C(=O)NC2CCCC2)c1. The molecule has 218 valence electrons. The predicted molar refractivity (Wildman–Crippen MR) is 164 cm³/mol. The zero-order valence-corrected chi connectivity index (χ0v) is 25.7. The lowest BCUT2D eigenvalue weighted by atomic mass is 10.0. The first kappa shape index (κ1) is 30.6. The Morgan fingerprint density at radius 3 is 2.27 bits per heavy atom. The van der Waals surface area contributed by atoms with Gasteiger partial charge in [-0.3, -0.25) is 13.9 Å². The number of amides is 2. The molecular formula is C31H36BrN3O5S. The highest BCUT2D eigenvalue weighted by Gasteiger charge is 2.34. The Labute approximate surface area is 250 Å². The quantitative estimate of drug-likeness (QED) is 0.303. The second kappa shape index (κ2) is 14.0. The van der Waals surface area contributed by atoms with Crippen LogP contribution in [0.2, 0.25) is 0 Å². The van der Waals surface area contributed by atoms with Crippen LogP contribution in [0.4, 0.5) is 5.69 Å². The molecule has 0 spiro atoms. The summed E-state index contributed by atoms with van der Waals surface area (Å²) in [5.74, 6) is -0.104. The molecule has 0 radical (unpaired) electrons. The first-order valence-electron chi connectivity index (χ1n) is 13.6. The molecule has 3 aromatic carbocycles. The number of anilines is 1. The summed E-state index contributed by atoms with van der Waals surface area (Å²) in [4.78, 5) is 29.6. The lowest BCUT2D eigenvalue weighted by Gasteiger charge is -2.34. The van der Waals surface area contributed by atoms with E-state index in [4.69, 9.17) is 4.74 Å². The Hall–Kier alpha value is -3.37. The molecule has 0 saturated heterocycles. The zero-order chi connectivity index (χ0) is 29.4. The average molecular weight is 643 g/mol. The highest BCUT2D eigenvalue weighted by Crippen LogP contribution is 2.24. The molecule has 1 saturated carbocycles. The number of hydrogen-bond acceptors (Lipinski definition) is 5. The standard InChI is InChI=1S/C31H36BrN3O5S/c1-40-28-14-8-11-24(19-28)21-34(30(36)22-35(41(2,38)39)27-17-15-25(32)16-18-27)29(20-23-9-4-3-5-10-23)31(37)33-26-12-6-7-13-26/h3-5,8-11,14-19,26,29H,6-7,12-13,20-22H2,1-2H3,(H,33,37)/t29-/m1/s1. The lowest BCUT2D eigenvalue weighted by molar-refractivity contribution is -0.140. The molecule has 1 aliphatic rings. The van der Waals surface area contributed by atoms with Crippen molar-refractivity contribution in [2.75, 3.05) is 24.2 Å². The summed E-state index contributed by atoms with van der Waals surface area (Å²) in [5.41, 5.74) is 2.02. The minimum atomic E-state index is -3.82. The number of carbonyl (C=O) groups excluding carboxylic acids is 2. The van der Waals surface area contributed by atoms with Gasteiger partial charge in [0.15, 0.2) is 0 Å². The van der Waals surface area contributed by atoms with Crippen LogP contribution in [0.5, 0.6) is 5.75 Å². The molecule has 1 N–H and O–H groups in total. The van der Waals surface area contributed by atoms with E-state index in [-0.39, 0.29) is 24.9 Å². The number of carbonyl (C=O) groups is 2. The van der Waals surface area contributed by atoms with Gasteiger partial charge in [0.2, 0.25) is 21.8 Å². The third-order valence-corrected chi connectivity index (χ3v) is 8.92. The predicted octanol–water partition coefficient (Wildman–Crippen LogP) is 4.92. The average Bonchev–Trinajstić information content (AvgIpc) is 3.47. The van der Waals surface area contributed by atoms with Crippen molar-refractivity contribution in [3.8, 4) is 5.75 Å². The summed E-state index contributed by atoms with van der Waals surface area (Å²) in [6.07, 6.45) is 5.27. The maximum absolute atomic E-state index is 14.2. The maximum Gasteiger partial charge on any atom is 0.244 e. The smallest absolute Gasteiger partial charge is 0.244 e. The Kier molecular flexibility index (Phi) is 10.4. The van der Waals surface area contributed by atoms with E-state index in [0.717, 1.165) is 51.8 Å². The van der Waals surface area contributed by atoms with Crippen molar-refractivity contribution >= 4 is 43.5 Å². The van der Waals surface area contributed by atoms with Gasteiger partial charge in [0.05, 0.1) is 19.1 Å². The van der Waals surface area contributed by atoms with Crippen molar-refractivity contribution in [1.82, 2.24) is 10.2 Å². The van der Waals surface area contributed by atoms with Crippen molar-refractivity contribution in [3.05, 3.63) is 94.5 Å². The van der Waals surface area contributed by atoms with Crippen LogP contribution in [0.15, 0.2) is 83.3 Å². The van der Waals surface area contributed by atoms with Crippen LogP contribution in [0.1, 0.15) is 36.8 Å². The topological polar surface area (TPSA) is 96.0 Å². The number of rotatable bonds is 12. The van der Waals surface area contributed by atoms with Crippen LogP contribution in [0.3, 0.4) is 0 Å². The normalized spacial score (nSPS) is 14.3. The van der Waals surface area contributed by atoms with Crippen molar-refractivity contribution < 1.29 is 22.7 Å². The monoisotopic (exact) mass is 641 g/mol. The molecule has 0 heterocycles. The molecule has 10 heteroatoms. The van der Waals surface area contributed by atoms with Gasteiger partial charge in [0.1, 0.15) is 18.3 Å². The Balaban J connectivity index is 1.73. The van der Waals surface area contributed by atoms with Crippen LogP contribution < -0.4 is 14.4 Å². The maximum atomic E-state index is 14.2. The van der Waals surface area contributed by atoms with E-state index < -0.39 is 28.5 Å². The molecule has 1 aliphatic carbocycles. The van der Waals surface area contributed by atoms with Gasteiger partial charge in [-0.25, -0.2) is 8.42 Å². The van der Waals surface area contributed by atoms with Crippen molar-refractivity contribution in [2.45, 2.75) is 50.7 Å². The first-order chi connectivity index (χ1) is 19.6. The molecule has 4 rings (SSSR count). The third-order valence-electron chi connectivity index (χ3n) is 7.25. The number of nitrogens with zero attached hydrogens (tertiary/aromatic N) is 2. The summed E-state index contributed by atoms with van der Waals surface area (Å²) in [5, 5.41) is 3.17. The minimum Gasteiger partial charge on any atom is -0.497 e. The van der Waals surface area contributed by atoms with E-state index in [1.807, 2.05) is 54.6 Å². The fourth-order valence-electron chi connectivity index (χ4n) is 5.11. The van der Waals surface area contributed by atoms with Crippen LogP contribution in [-0.4, -0.2) is 57.1 Å². The van der Waals surface area contributed by atoms with Gasteiger partial charge in [0, 0.05) is 23.5 Å². The zero-order valence-electron chi connectivity index (χ0n) is 23.3. The number of sulfonamides is 1. The highest BCUT2D eigenvalue weighted by molar-refractivity contribution is 9.10. The fraction of sp³-hybridized carbons (Fsp3) is 0.355. The molecule has 1 fully saturated rings. The third kappa shape index (κ3) is 8.56. The molecular weight excluding hydrogens is 606 g/mol. The second-order valence-corrected chi connectivity index (χ2v) is 13.1. The number of nitrogens with one attached hydrogen (secondary N) is 1. The summed E-state index contributed by atoms with van der Waals surface area (Å²) in [6.45, 7) is -0.351. The van der Waals surface area contributed by atoms with Crippen molar-refractivity contribution in [2.24, 2.45) is 0 Å². The molecule has 0 bridgehead atoms. The first-order valence-corrected chi connectivity index (χ1v) is 16.3. The van der Waals surface area contributed by atoms with E-state index in [2.05, 4.69) is 21.2 Å². The van der Waals surface area contributed by atoms with Gasteiger partial charge in [-0.1, -0.05) is 71.2 Å². The van der Waals surface area contributed by atoms with E-state index in [1.54, 1.807) is 31.4 Å². The van der Waals surface area contributed by atoms with Crippen LogP contribution in [-0.2, 0) is 32.6 Å². The number of halogens is 1. The largest absolute Gasteiger partial charge is 0.497 e. The summed E-state index contributed by atoms with van der Waals surface area (Å²) in [6, 6.07) is 22.8. The molecule has 1 atom stereocenters. The number of methoxy groups -OCH3 is 1. The lowest BCUT2D eigenvalue weighted by Crippen LogP contribution is -2.54. The van der Waals surface area contributed by atoms with Gasteiger partial charge in [0.25, 0.3) is 0 Å². The van der Waals surface area contributed by atoms with E-state index in [0.29, 0.717) is 11.4 Å².